The van der Waals surface area contributed by atoms with Gasteiger partial charge in [-0.05, 0) is 47.9 Å². The Morgan fingerprint density at radius 2 is 1.93 bits per heavy atom. The Morgan fingerprint density at radius 3 is 2.66 bits per heavy atom. The number of nitrogens with two attached hydrogens (primary N) is 1. The number of nitrogens with one attached hydrogen (secondary N) is 2. The number of hydrogen-bond donors (Lipinski definition) is 3. The van der Waals surface area contributed by atoms with Gasteiger partial charge in [0.2, 0.25) is 0 Å². The number of anilines is 2. The molecule has 0 aliphatic heterocycles. The van der Waals surface area contributed by atoms with Crippen molar-refractivity contribution in [1.29, 1.82) is 0 Å². The van der Waals surface area contributed by atoms with Gasteiger partial charge >= 0.3 is 6.09 Å². The highest BCUT2D eigenvalue weighted by Crippen LogP contribution is 2.20. The lowest BCUT2D eigenvalue weighted by molar-refractivity contribution is 0.102. The van der Waals surface area contributed by atoms with Gasteiger partial charge in [0, 0.05) is 18.3 Å². The molecule has 2 aromatic carbocycles. The van der Waals surface area contributed by atoms with Crippen molar-refractivity contribution in [2.45, 2.75) is 19.9 Å². The monoisotopic (exact) mass is 390 g/mol. The second-order valence-electron chi connectivity index (χ2n) is 6.32. The van der Waals surface area contributed by atoms with Gasteiger partial charge in [-0.2, -0.15) is 0 Å². The fourth-order valence-electron chi connectivity index (χ4n) is 2.80. The van der Waals surface area contributed by atoms with Crippen LogP contribution in [0.2, 0.25) is 0 Å². The number of hydrogen-bond acceptors (Lipinski definition) is 5. The second kappa shape index (κ2) is 9.36. The summed E-state index contributed by atoms with van der Waals surface area (Å²) in [6.07, 6.45) is 3.15. The smallest absolute Gasteiger partial charge is 0.409 e. The number of pyridine rings is 1. The Kier molecular flexibility index (Phi) is 6.42. The van der Waals surface area contributed by atoms with E-state index in [4.69, 9.17) is 10.5 Å². The first-order valence-corrected chi connectivity index (χ1v) is 9.20. The molecule has 7 heteroatoms. The second-order valence-corrected chi connectivity index (χ2v) is 6.32. The normalized spacial score (nSPS) is 10.2. The van der Waals surface area contributed by atoms with E-state index >= 15 is 0 Å². The van der Waals surface area contributed by atoms with E-state index in [0.717, 1.165) is 11.1 Å². The van der Waals surface area contributed by atoms with Crippen LogP contribution in [-0.4, -0.2) is 17.0 Å². The molecule has 0 atom stereocenters. The van der Waals surface area contributed by atoms with Crippen molar-refractivity contribution < 1.29 is 14.3 Å². The number of aryl methyl sites for hydroxylation is 1. The SMILES string of the molecule is CCc1cc(CNC(=O)Oc2cccnc2)ccc1C(=O)Nc1ccccc1N. The van der Waals surface area contributed by atoms with E-state index in [0.29, 0.717) is 29.1 Å². The summed E-state index contributed by atoms with van der Waals surface area (Å²) in [6, 6.07) is 15.9. The summed E-state index contributed by atoms with van der Waals surface area (Å²) >= 11 is 0. The molecule has 0 saturated carbocycles. The van der Waals surface area contributed by atoms with Crippen LogP contribution in [0.3, 0.4) is 0 Å². The Hall–Kier alpha value is -3.87. The lowest BCUT2D eigenvalue weighted by Gasteiger charge is -2.13. The van der Waals surface area contributed by atoms with Gasteiger partial charge in [-0.1, -0.05) is 31.2 Å². The van der Waals surface area contributed by atoms with Crippen molar-refractivity contribution in [3.63, 3.8) is 0 Å². The number of rotatable bonds is 6. The summed E-state index contributed by atoms with van der Waals surface area (Å²) in [5, 5.41) is 5.53. The van der Waals surface area contributed by atoms with Crippen LogP contribution < -0.4 is 21.1 Å². The van der Waals surface area contributed by atoms with Crippen LogP contribution in [-0.2, 0) is 13.0 Å². The molecular weight excluding hydrogens is 368 g/mol. The molecule has 0 saturated heterocycles. The predicted molar refractivity (Wildman–Crippen MR) is 112 cm³/mol. The fourth-order valence-corrected chi connectivity index (χ4v) is 2.80. The highest BCUT2D eigenvalue weighted by atomic mass is 16.6. The third-order valence-electron chi connectivity index (χ3n) is 4.29. The number of nitrogens with zero attached hydrogens (tertiary/aromatic N) is 1. The summed E-state index contributed by atoms with van der Waals surface area (Å²) in [5.41, 5.74) is 9.27. The number of nitrogen functional groups attached to an aromatic ring is 1. The fraction of sp³-hybridized carbons (Fsp3) is 0.136. The molecule has 2 amide bonds. The molecule has 0 radical (unpaired) electrons. The van der Waals surface area contributed by atoms with Gasteiger partial charge in [-0.15, -0.1) is 0 Å². The maximum atomic E-state index is 12.7. The molecule has 0 aliphatic rings. The summed E-state index contributed by atoms with van der Waals surface area (Å²) in [7, 11) is 0. The van der Waals surface area contributed by atoms with Crippen LogP contribution in [0.15, 0.2) is 67.0 Å². The number of para-hydroxylation sites is 2. The van der Waals surface area contributed by atoms with Crippen LogP contribution in [0.5, 0.6) is 5.75 Å². The Morgan fingerprint density at radius 1 is 1.10 bits per heavy atom. The first-order chi connectivity index (χ1) is 14.1. The van der Waals surface area contributed by atoms with Gasteiger partial charge in [0.25, 0.3) is 5.91 Å². The molecule has 0 unspecified atom stereocenters. The minimum atomic E-state index is -0.572. The lowest BCUT2D eigenvalue weighted by atomic mass is 10.0. The van der Waals surface area contributed by atoms with E-state index in [9.17, 15) is 9.59 Å². The van der Waals surface area contributed by atoms with Gasteiger partial charge in [-0.3, -0.25) is 9.78 Å². The Labute approximate surface area is 168 Å². The van der Waals surface area contributed by atoms with Crippen LogP contribution in [0, 0.1) is 0 Å². The van der Waals surface area contributed by atoms with E-state index in [1.807, 2.05) is 25.1 Å². The van der Waals surface area contributed by atoms with Crippen molar-refractivity contribution in [2.75, 3.05) is 11.1 Å². The van der Waals surface area contributed by atoms with Gasteiger partial charge in [-0.25, -0.2) is 4.79 Å². The molecule has 0 bridgehead atoms. The molecule has 0 spiro atoms. The van der Waals surface area contributed by atoms with Gasteiger partial charge in [0.15, 0.2) is 5.75 Å². The lowest BCUT2D eigenvalue weighted by Crippen LogP contribution is -2.26. The number of carbonyl (C=O) groups is 2. The first kappa shape index (κ1) is 19.9. The quantitative estimate of drug-likeness (QED) is 0.556. The van der Waals surface area contributed by atoms with E-state index in [1.165, 1.54) is 6.20 Å². The average molecular weight is 390 g/mol. The van der Waals surface area contributed by atoms with Gasteiger partial charge in [0.05, 0.1) is 17.6 Å². The van der Waals surface area contributed by atoms with Crippen molar-refractivity contribution in [3.8, 4) is 5.75 Å². The van der Waals surface area contributed by atoms with E-state index in [1.54, 1.807) is 42.6 Å². The summed E-state index contributed by atoms with van der Waals surface area (Å²) in [4.78, 5) is 28.5. The first-order valence-electron chi connectivity index (χ1n) is 9.20. The average Bonchev–Trinajstić information content (AvgIpc) is 2.74. The molecule has 0 aliphatic carbocycles. The number of benzene rings is 2. The molecular formula is C22H22N4O3. The van der Waals surface area contributed by atoms with Crippen LogP contribution in [0.1, 0.15) is 28.4 Å². The van der Waals surface area contributed by atoms with Crippen molar-refractivity contribution >= 4 is 23.4 Å². The molecule has 1 heterocycles. The number of amides is 2. The van der Waals surface area contributed by atoms with Crippen molar-refractivity contribution in [1.82, 2.24) is 10.3 Å². The Bertz CT molecular complexity index is 1010. The van der Waals surface area contributed by atoms with Crippen molar-refractivity contribution in [2.24, 2.45) is 0 Å². The highest BCUT2D eigenvalue weighted by Gasteiger charge is 2.13. The maximum absolute atomic E-state index is 12.7. The highest BCUT2D eigenvalue weighted by molar-refractivity contribution is 6.06. The van der Waals surface area contributed by atoms with Crippen LogP contribution in [0.25, 0.3) is 0 Å². The molecule has 148 valence electrons. The topological polar surface area (TPSA) is 106 Å². The van der Waals surface area contributed by atoms with Crippen LogP contribution >= 0.6 is 0 Å². The number of carbonyl (C=O) groups excluding carboxylic acids is 2. The zero-order valence-corrected chi connectivity index (χ0v) is 16.0. The standard InChI is InChI=1S/C22H22N4O3/c1-2-16-12-15(13-25-22(28)29-17-6-5-11-24-14-17)9-10-18(16)21(27)26-20-8-4-3-7-19(20)23/h3-12,14H,2,13,23H2,1H3,(H,25,28)(H,26,27). The summed E-state index contributed by atoms with van der Waals surface area (Å²) in [6.45, 7) is 2.25. The molecule has 4 N–H and O–H groups in total. The number of ether oxygens (including phenoxy) is 1. The third-order valence-corrected chi connectivity index (χ3v) is 4.29. The molecule has 3 aromatic rings. The van der Waals surface area contributed by atoms with E-state index < -0.39 is 6.09 Å². The van der Waals surface area contributed by atoms with E-state index in [2.05, 4.69) is 15.6 Å². The van der Waals surface area contributed by atoms with Crippen molar-refractivity contribution in [3.05, 3.63) is 83.7 Å². The zero-order chi connectivity index (χ0) is 20.6. The van der Waals surface area contributed by atoms with Gasteiger partial charge < -0.3 is 21.1 Å². The molecule has 29 heavy (non-hydrogen) atoms. The summed E-state index contributed by atoms with van der Waals surface area (Å²) < 4.78 is 5.14. The number of aromatic nitrogens is 1. The molecule has 7 nitrogen and oxygen atoms in total. The zero-order valence-electron chi connectivity index (χ0n) is 16.0. The molecule has 0 fully saturated rings. The third kappa shape index (κ3) is 5.32. The predicted octanol–water partition coefficient (Wildman–Crippen LogP) is 3.77. The Balaban J connectivity index is 1.64. The maximum Gasteiger partial charge on any atom is 0.412 e. The molecule has 1 aromatic heterocycles. The largest absolute Gasteiger partial charge is 0.412 e. The van der Waals surface area contributed by atoms with E-state index in [-0.39, 0.29) is 12.5 Å². The molecule has 3 rings (SSSR count). The minimum absolute atomic E-state index is 0.227. The van der Waals surface area contributed by atoms with Gasteiger partial charge in [0.1, 0.15) is 0 Å². The summed E-state index contributed by atoms with van der Waals surface area (Å²) in [5.74, 6) is 0.140. The van der Waals surface area contributed by atoms with Crippen LogP contribution in [0.4, 0.5) is 16.2 Å². The minimum Gasteiger partial charge on any atom is -0.409 e.